The number of rotatable bonds is 6. The maximum atomic E-state index is 12.3. The molecular weight excluding hydrogens is 382 g/mol. The zero-order chi connectivity index (χ0) is 17.5. The average molecular weight is 404 g/mol. The van der Waals surface area contributed by atoms with Crippen molar-refractivity contribution < 1.29 is 9.53 Å². The molecule has 0 unspecified atom stereocenters. The molecule has 25 heavy (non-hydrogen) atoms. The molecule has 0 radical (unpaired) electrons. The van der Waals surface area contributed by atoms with E-state index in [0.717, 1.165) is 48.6 Å². The molecule has 0 aliphatic carbocycles. The number of halogens is 1. The number of aromatic nitrogens is 1. The Morgan fingerprint density at radius 2 is 1.96 bits per heavy atom. The maximum absolute atomic E-state index is 12.3. The molecule has 2 heterocycles. The van der Waals surface area contributed by atoms with Crippen LogP contribution in [0.4, 0.5) is 5.82 Å². The summed E-state index contributed by atoms with van der Waals surface area (Å²) in [5.41, 5.74) is 0. The van der Waals surface area contributed by atoms with Crippen molar-refractivity contribution in [2.45, 2.75) is 12.8 Å². The number of ether oxygens (including phenoxy) is 1. The molecule has 1 aromatic heterocycles. The van der Waals surface area contributed by atoms with Crippen LogP contribution in [0.5, 0.6) is 5.75 Å². The van der Waals surface area contributed by atoms with Crippen molar-refractivity contribution in [2.75, 3.05) is 37.7 Å². The molecule has 1 fully saturated rings. The van der Waals surface area contributed by atoms with Crippen LogP contribution >= 0.6 is 15.9 Å². The molecule has 6 heteroatoms. The third-order valence-electron chi connectivity index (χ3n) is 4.21. The average Bonchev–Trinajstić information content (AvgIpc) is 2.66. The van der Waals surface area contributed by atoms with Crippen LogP contribution in [0.3, 0.4) is 0 Å². The monoisotopic (exact) mass is 403 g/mol. The minimum Gasteiger partial charge on any atom is -0.494 e. The Balaban J connectivity index is 1.37. The van der Waals surface area contributed by atoms with E-state index in [1.807, 2.05) is 47.4 Å². The van der Waals surface area contributed by atoms with Gasteiger partial charge in [0.2, 0.25) is 5.91 Å². The second-order valence-electron chi connectivity index (χ2n) is 5.97. The fourth-order valence-electron chi connectivity index (χ4n) is 2.85. The van der Waals surface area contributed by atoms with Gasteiger partial charge in [0.05, 0.1) is 6.61 Å². The normalized spacial score (nSPS) is 14.4. The zero-order valence-corrected chi connectivity index (χ0v) is 15.7. The van der Waals surface area contributed by atoms with Crippen LogP contribution in [-0.4, -0.2) is 48.6 Å². The second kappa shape index (κ2) is 8.85. The van der Waals surface area contributed by atoms with E-state index in [4.69, 9.17) is 4.74 Å². The molecule has 132 valence electrons. The molecule has 2 aromatic rings. The molecule has 0 bridgehead atoms. The van der Waals surface area contributed by atoms with Gasteiger partial charge in [-0.15, -0.1) is 0 Å². The van der Waals surface area contributed by atoms with Crippen LogP contribution in [0.15, 0.2) is 53.1 Å². The standard InChI is InChI=1S/C19H22BrN3O2/c20-16-5-3-6-17(15-16)25-14-4-8-19(24)23-12-10-22(11-13-23)18-7-1-2-9-21-18/h1-3,5-7,9,15H,4,8,10-14H2. The number of carbonyl (C=O) groups excluding carboxylic acids is 1. The number of pyridine rings is 1. The fraction of sp³-hybridized carbons (Fsp3) is 0.368. The minimum atomic E-state index is 0.207. The highest BCUT2D eigenvalue weighted by Crippen LogP contribution is 2.18. The SMILES string of the molecule is O=C(CCCOc1cccc(Br)c1)N1CCN(c2ccccn2)CC1. The number of anilines is 1. The fourth-order valence-corrected chi connectivity index (χ4v) is 3.23. The van der Waals surface area contributed by atoms with Crippen LogP contribution < -0.4 is 9.64 Å². The summed E-state index contributed by atoms with van der Waals surface area (Å²) in [6.45, 7) is 3.72. The summed E-state index contributed by atoms with van der Waals surface area (Å²) >= 11 is 3.42. The minimum absolute atomic E-state index is 0.207. The predicted molar refractivity (Wildman–Crippen MR) is 102 cm³/mol. The number of carbonyl (C=O) groups is 1. The molecule has 0 saturated carbocycles. The van der Waals surface area contributed by atoms with Gasteiger partial charge in [0.25, 0.3) is 0 Å². The first-order valence-electron chi connectivity index (χ1n) is 8.54. The van der Waals surface area contributed by atoms with Gasteiger partial charge in [-0.3, -0.25) is 4.79 Å². The van der Waals surface area contributed by atoms with Crippen LogP contribution in [0, 0.1) is 0 Å². The Labute approximate surface area is 156 Å². The lowest BCUT2D eigenvalue weighted by atomic mass is 10.2. The van der Waals surface area contributed by atoms with Gasteiger partial charge in [0.15, 0.2) is 0 Å². The number of hydrogen-bond acceptors (Lipinski definition) is 4. The third kappa shape index (κ3) is 5.19. The summed E-state index contributed by atoms with van der Waals surface area (Å²) in [5.74, 6) is 2.02. The van der Waals surface area contributed by atoms with E-state index in [1.54, 1.807) is 6.20 Å². The quantitative estimate of drug-likeness (QED) is 0.693. The first-order chi connectivity index (χ1) is 12.2. The van der Waals surface area contributed by atoms with E-state index in [1.165, 1.54) is 0 Å². The molecule has 1 saturated heterocycles. The summed E-state index contributed by atoms with van der Waals surface area (Å²) in [5, 5.41) is 0. The van der Waals surface area contributed by atoms with Crippen molar-refractivity contribution in [3.05, 3.63) is 53.1 Å². The van der Waals surface area contributed by atoms with Gasteiger partial charge >= 0.3 is 0 Å². The largest absolute Gasteiger partial charge is 0.494 e. The van der Waals surface area contributed by atoms with Crippen molar-refractivity contribution >= 4 is 27.7 Å². The highest BCUT2D eigenvalue weighted by Gasteiger charge is 2.21. The molecular formula is C19H22BrN3O2. The summed E-state index contributed by atoms with van der Waals surface area (Å²) in [7, 11) is 0. The molecule has 0 spiro atoms. The highest BCUT2D eigenvalue weighted by molar-refractivity contribution is 9.10. The van der Waals surface area contributed by atoms with Gasteiger partial charge in [0.1, 0.15) is 11.6 Å². The van der Waals surface area contributed by atoms with Crippen molar-refractivity contribution in [3.63, 3.8) is 0 Å². The summed E-state index contributed by atoms with van der Waals surface area (Å²) in [6, 6.07) is 13.7. The molecule has 1 aliphatic rings. The number of benzene rings is 1. The lowest BCUT2D eigenvalue weighted by Crippen LogP contribution is -2.49. The summed E-state index contributed by atoms with van der Waals surface area (Å²) < 4.78 is 6.67. The van der Waals surface area contributed by atoms with Crippen molar-refractivity contribution in [3.8, 4) is 5.75 Å². The molecule has 1 aromatic carbocycles. The predicted octanol–water partition coefficient (Wildman–Crippen LogP) is 3.35. The maximum Gasteiger partial charge on any atom is 0.222 e. The molecule has 3 rings (SSSR count). The van der Waals surface area contributed by atoms with Gasteiger partial charge in [0, 0.05) is 43.3 Å². The van der Waals surface area contributed by atoms with Gasteiger partial charge in [-0.05, 0) is 36.8 Å². The van der Waals surface area contributed by atoms with Crippen molar-refractivity contribution in [2.24, 2.45) is 0 Å². The van der Waals surface area contributed by atoms with Gasteiger partial charge in [-0.1, -0.05) is 28.1 Å². The number of hydrogen-bond donors (Lipinski definition) is 0. The zero-order valence-electron chi connectivity index (χ0n) is 14.1. The van der Waals surface area contributed by atoms with Gasteiger partial charge < -0.3 is 14.5 Å². The molecule has 1 amide bonds. The van der Waals surface area contributed by atoms with Gasteiger partial charge in [-0.25, -0.2) is 4.98 Å². The van der Waals surface area contributed by atoms with E-state index >= 15 is 0 Å². The Hall–Kier alpha value is -2.08. The number of amides is 1. The highest BCUT2D eigenvalue weighted by atomic mass is 79.9. The Morgan fingerprint density at radius 3 is 2.68 bits per heavy atom. The molecule has 0 atom stereocenters. The van der Waals surface area contributed by atoms with E-state index in [0.29, 0.717) is 13.0 Å². The van der Waals surface area contributed by atoms with E-state index < -0.39 is 0 Å². The second-order valence-corrected chi connectivity index (χ2v) is 6.88. The Morgan fingerprint density at radius 1 is 1.12 bits per heavy atom. The third-order valence-corrected chi connectivity index (χ3v) is 4.70. The lowest BCUT2D eigenvalue weighted by molar-refractivity contribution is -0.131. The summed E-state index contributed by atoms with van der Waals surface area (Å²) in [6.07, 6.45) is 3.06. The van der Waals surface area contributed by atoms with Crippen molar-refractivity contribution in [1.82, 2.24) is 9.88 Å². The topological polar surface area (TPSA) is 45.7 Å². The van der Waals surface area contributed by atoms with E-state index in [2.05, 4.69) is 25.8 Å². The van der Waals surface area contributed by atoms with Gasteiger partial charge in [-0.2, -0.15) is 0 Å². The van der Waals surface area contributed by atoms with Crippen LogP contribution in [0.25, 0.3) is 0 Å². The Bertz CT molecular complexity index is 688. The van der Waals surface area contributed by atoms with Crippen LogP contribution in [0.2, 0.25) is 0 Å². The molecule has 5 nitrogen and oxygen atoms in total. The number of nitrogens with zero attached hydrogens (tertiary/aromatic N) is 3. The lowest BCUT2D eigenvalue weighted by Gasteiger charge is -2.35. The first-order valence-corrected chi connectivity index (χ1v) is 9.34. The van der Waals surface area contributed by atoms with E-state index in [9.17, 15) is 4.79 Å². The molecule has 1 aliphatic heterocycles. The first kappa shape index (κ1) is 17.7. The Kier molecular flexibility index (Phi) is 6.28. The summed E-state index contributed by atoms with van der Waals surface area (Å²) in [4.78, 5) is 20.9. The van der Waals surface area contributed by atoms with Crippen LogP contribution in [0.1, 0.15) is 12.8 Å². The van der Waals surface area contributed by atoms with Crippen LogP contribution in [-0.2, 0) is 4.79 Å². The molecule has 0 N–H and O–H groups in total. The number of piperazine rings is 1. The van der Waals surface area contributed by atoms with E-state index in [-0.39, 0.29) is 5.91 Å². The smallest absolute Gasteiger partial charge is 0.222 e. The van der Waals surface area contributed by atoms with Crippen molar-refractivity contribution in [1.29, 1.82) is 0 Å².